The molecule has 0 unspecified atom stereocenters. The fraction of sp³-hybridized carbons (Fsp3) is 0.158. The Balaban J connectivity index is 1.79. The molecule has 0 amide bonds. The number of aromatic nitrogens is 2. The van der Waals surface area contributed by atoms with Crippen LogP contribution in [-0.2, 0) is 6.54 Å². The van der Waals surface area contributed by atoms with Gasteiger partial charge in [-0.15, -0.1) is 0 Å². The number of nitrogens with zero attached hydrogens (tertiary/aromatic N) is 1. The van der Waals surface area contributed by atoms with Gasteiger partial charge in [-0.2, -0.15) is 0 Å². The molecule has 3 rings (SSSR count). The average molecular weight is 336 g/mol. The number of aliphatic hydroxyl groups is 1. The van der Waals surface area contributed by atoms with Crippen LogP contribution >= 0.6 is 0 Å². The molecule has 128 valence electrons. The van der Waals surface area contributed by atoms with Crippen molar-refractivity contribution in [3.63, 3.8) is 0 Å². The zero-order chi connectivity index (χ0) is 17.5. The Labute approximate surface area is 145 Å². The van der Waals surface area contributed by atoms with Crippen LogP contribution in [0.2, 0.25) is 0 Å². The Hall–Kier alpha value is -2.96. The lowest BCUT2D eigenvalue weighted by Gasteiger charge is -2.09. The van der Waals surface area contributed by atoms with Crippen molar-refractivity contribution in [3.8, 4) is 11.1 Å². The number of hydrogen-bond acceptors (Lipinski definition) is 5. The van der Waals surface area contributed by atoms with Gasteiger partial charge in [0.25, 0.3) is 5.56 Å². The zero-order valence-electron chi connectivity index (χ0n) is 13.7. The number of anilines is 2. The van der Waals surface area contributed by atoms with Crippen LogP contribution < -0.4 is 16.2 Å². The Morgan fingerprint density at radius 3 is 2.60 bits per heavy atom. The predicted molar refractivity (Wildman–Crippen MR) is 98.8 cm³/mol. The van der Waals surface area contributed by atoms with E-state index in [1.165, 1.54) is 6.07 Å². The normalized spacial score (nSPS) is 10.6. The van der Waals surface area contributed by atoms with Crippen LogP contribution in [0.3, 0.4) is 0 Å². The van der Waals surface area contributed by atoms with Gasteiger partial charge in [0.05, 0.1) is 12.3 Å². The van der Waals surface area contributed by atoms with Gasteiger partial charge in [-0.05, 0) is 23.3 Å². The topological polar surface area (TPSA) is 90.0 Å². The second kappa shape index (κ2) is 8.23. The summed E-state index contributed by atoms with van der Waals surface area (Å²) in [5.41, 5.74) is 3.42. The highest BCUT2D eigenvalue weighted by Crippen LogP contribution is 2.23. The Kier molecular flexibility index (Phi) is 5.56. The molecule has 0 aliphatic rings. The molecule has 0 atom stereocenters. The number of rotatable bonds is 7. The van der Waals surface area contributed by atoms with Crippen LogP contribution in [0, 0.1) is 0 Å². The van der Waals surface area contributed by atoms with E-state index in [1.807, 2.05) is 54.6 Å². The molecular weight excluding hydrogens is 316 g/mol. The minimum Gasteiger partial charge on any atom is -0.395 e. The Morgan fingerprint density at radius 2 is 1.80 bits per heavy atom. The smallest absolute Gasteiger partial charge is 0.252 e. The largest absolute Gasteiger partial charge is 0.395 e. The lowest BCUT2D eigenvalue weighted by molar-refractivity contribution is 0.291. The third-order valence-electron chi connectivity index (χ3n) is 3.62. The molecule has 1 heterocycles. The maximum Gasteiger partial charge on any atom is 0.252 e. The molecule has 3 aromatic rings. The lowest BCUT2D eigenvalue weighted by Crippen LogP contribution is -2.21. The first-order valence-corrected chi connectivity index (χ1v) is 8.09. The van der Waals surface area contributed by atoms with Crippen molar-refractivity contribution < 1.29 is 5.11 Å². The molecule has 0 saturated heterocycles. The zero-order valence-corrected chi connectivity index (χ0v) is 13.7. The van der Waals surface area contributed by atoms with Crippen molar-refractivity contribution in [1.29, 1.82) is 0 Å². The van der Waals surface area contributed by atoms with Gasteiger partial charge in [-0.3, -0.25) is 9.78 Å². The van der Waals surface area contributed by atoms with Crippen molar-refractivity contribution >= 4 is 11.6 Å². The predicted octanol–water partition coefficient (Wildman–Crippen LogP) is 2.26. The number of aliphatic hydroxyl groups excluding tert-OH is 1. The maximum atomic E-state index is 11.8. The van der Waals surface area contributed by atoms with Crippen molar-refractivity contribution in [1.82, 2.24) is 15.3 Å². The van der Waals surface area contributed by atoms with Gasteiger partial charge in [0.1, 0.15) is 0 Å². The van der Waals surface area contributed by atoms with E-state index in [9.17, 15) is 4.79 Å². The van der Waals surface area contributed by atoms with Crippen LogP contribution in [0.15, 0.2) is 65.5 Å². The van der Waals surface area contributed by atoms with E-state index >= 15 is 0 Å². The molecule has 4 N–H and O–H groups in total. The standard InChI is InChI=1S/C19H20N4O2/c24-10-9-20-13-17-12-18(25)23-19(22-17)21-16-8-4-7-15(11-16)14-5-2-1-3-6-14/h1-8,11-12,20,24H,9-10,13H2,(H2,21,22,23,25). The fourth-order valence-corrected chi connectivity index (χ4v) is 2.50. The number of benzene rings is 2. The van der Waals surface area contributed by atoms with Gasteiger partial charge in [0.2, 0.25) is 5.95 Å². The summed E-state index contributed by atoms with van der Waals surface area (Å²) in [7, 11) is 0. The molecule has 1 aromatic heterocycles. The molecule has 0 aliphatic carbocycles. The SMILES string of the molecule is O=c1cc(CNCCO)nc(Nc2cccc(-c3ccccc3)c2)[nH]1. The highest BCUT2D eigenvalue weighted by Gasteiger charge is 2.04. The van der Waals surface area contributed by atoms with Crippen molar-refractivity contribution in [2.45, 2.75) is 6.54 Å². The first-order chi connectivity index (χ1) is 12.2. The van der Waals surface area contributed by atoms with Crippen LogP contribution in [0.25, 0.3) is 11.1 Å². The molecule has 0 bridgehead atoms. The van der Waals surface area contributed by atoms with Crippen molar-refractivity contribution in [2.75, 3.05) is 18.5 Å². The second-order valence-corrected chi connectivity index (χ2v) is 5.56. The quantitative estimate of drug-likeness (QED) is 0.497. The maximum absolute atomic E-state index is 11.8. The molecule has 0 radical (unpaired) electrons. The molecule has 0 aliphatic heterocycles. The number of H-pyrrole nitrogens is 1. The first kappa shape index (κ1) is 16.9. The molecule has 6 heteroatoms. The summed E-state index contributed by atoms with van der Waals surface area (Å²) in [5.74, 6) is 0.388. The Bertz CT molecular complexity index is 878. The second-order valence-electron chi connectivity index (χ2n) is 5.56. The summed E-state index contributed by atoms with van der Waals surface area (Å²) in [6.45, 7) is 0.917. The molecule has 0 spiro atoms. The summed E-state index contributed by atoms with van der Waals surface area (Å²) in [5, 5.41) is 15.0. The molecule has 6 nitrogen and oxygen atoms in total. The monoisotopic (exact) mass is 336 g/mol. The van der Waals surface area contributed by atoms with E-state index in [4.69, 9.17) is 5.11 Å². The highest BCUT2D eigenvalue weighted by molar-refractivity contribution is 5.69. The number of nitrogens with one attached hydrogen (secondary N) is 3. The van der Waals surface area contributed by atoms with Crippen LogP contribution in [0.4, 0.5) is 11.6 Å². The summed E-state index contributed by atoms with van der Waals surface area (Å²) >= 11 is 0. The van der Waals surface area contributed by atoms with Gasteiger partial charge in [-0.1, -0.05) is 42.5 Å². The van der Waals surface area contributed by atoms with E-state index in [0.29, 0.717) is 24.7 Å². The van der Waals surface area contributed by atoms with E-state index in [0.717, 1.165) is 16.8 Å². The molecule has 0 fully saturated rings. The highest BCUT2D eigenvalue weighted by atomic mass is 16.3. The summed E-state index contributed by atoms with van der Waals surface area (Å²) in [4.78, 5) is 18.9. The van der Waals surface area contributed by atoms with Gasteiger partial charge in [0, 0.05) is 24.8 Å². The van der Waals surface area contributed by atoms with Crippen molar-refractivity contribution in [2.24, 2.45) is 0 Å². The van der Waals surface area contributed by atoms with Crippen LogP contribution in [0.1, 0.15) is 5.69 Å². The van der Waals surface area contributed by atoms with Gasteiger partial charge in [0.15, 0.2) is 0 Å². The third-order valence-corrected chi connectivity index (χ3v) is 3.62. The van der Waals surface area contributed by atoms with Crippen LogP contribution in [-0.4, -0.2) is 28.2 Å². The summed E-state index contributed by atoms with van der Waals surface area (Å²) in [6, 6.07) is 19.4. The summed E-state index contributed by atoms with van der Waals surface area (Å²) in [6.07, 6.45) is 0. The minimum atomic E-state index is -0.225. The molecular formula is C19H20N4O2. The van der Waals surface area contributed by atoms with Gasteiger partial charge in [-0.25, -0.2) is 4.98 Å². The van der Waals surface area contributed by atoms with Gasteiger partial charge < -0.3 is 15.7 Å². The average Bonchev–Trinajstić information content (AvgIpc) is 2.62. The van der Waals surface area contributed by atoms with E-state index in [-0.39, 0.29) is 12.2 Å². The van der Waals surface area contributed by atoms with Crippen molar-refractivity contribution in [3.05, 3.63) is 76.7 Å². The summed E-state index contributed by atoms with van der Waals surface area (Å²) < 4.78 is 0. The minimum absolute atomic E-state index is 0.0422. The number of hydrogen-bond donors (Lipinski definition) is 4. The van der Waals surface area contributed by atoms with E-state index in [1.54, 1.807) is 0 Å². The number of aromatic amines is 1. The van der Waals surface area contributed by atoms with Gasteiger partial charge >= 0.3 is 0 Å². The Morgan fingerprint density at radius 1 is 1.00 bits per heavy atom. The lowest BCUT2D eigenvalue weighted by atomic mass is 10.1. The third kappa shape index (κ3) is 4.76. The van der Waals surface area contributed by atoms with Crippen LogP contribution in [0.5, 0.6) is 0 Å². The molecule has 2 aromatic carbocycles. The fourth-order valence-electron chi connectivity index (χ4n) is 2.50. The molecule has 25 heavy (non-hydrogen) atoms. The molecule has 0 saturated carbocycles. The first-order valence-electron chi connectivity index (χ1n) is 8.09. The van der Waals surface area contributed by atoms with E-state index < -0.39 is 0 Å². The van der Waals surface area contributed by atoms with E-state index in [2.05, 4.69) is 20.6 Å².